The first-order chi connectivity index (χ1) is 7.23. The summed E-state index contributed by atoms with van der Waals surface area (Å²) in [4.78, 5) is 11.7. The molecule has 3 nitrogen and oxygen atoms in total. The van der Waals surface area contributed by atoms with Gasteiger partial charge >= 0.3 is 6.18 Å². The summed E-state index contributed by atoms with van der Waals surface area (Å²) < 4.78 is 36.2. The minimum absolute atomic E-state index is 0.297. The molecule has 1 amide bonds. The number of hydrogen-bond acceptors (Lipinski definition) is 2. The Morgan fingerprint density at radius 3 is 2.62 bits per heavy atom. The van der Waals surface area contributed by atoms with E-state index >= 15 is 0 Å². The van der Waals surface area contributed by atoms with Crippen LogP contribution in [0.5, 0.6) is 0 Å². The second-order valence-electron chi connectivity index (χ2n) is 4.68. The predicted octanol–water partition coefficient (Wildman–Crippen LogP) is 1.44. The largest absolute Gasteiger partial charge is 0.391 e. The Kier molecular flexibility index (Phi) is 3.83. The summed E-state index contributed by atoms with van der Waals surface area (Å²) in [7, 11) is 0. The molecule has 2 N–H and O–H groups in total. The Bertz CT molecular complexity index is 259. The summed E-state index contributed by atoms with van der Waals surface area (Å²) in [5.74, 6) is -0.297. The fourth-order valence-electron chi connectivity index (χ4n) is 1.81. The molecular weight excluding hydrogens is 221 g/mol. The highest BCUT2D eigenvalue weighted by Gasteiger charge is 2.38. The third-order valence-electron chi connectivity index (χ3n) is 2.83. The summed E-state index contributed by atoms with van der Waals surface area (Å²) in [6.07, 6.45) is -4.55. The number of rotatable bonds is 3. The zero-order chi connectivity index (χ0) is 12.4. The molecule has 2 atom stereocenters. The normalized spacial score (nSPS) is 27.8. The van der Waals surface area contributed by atoms with Crippen molar-refractivity contribution in [3.63, 3.8) is 0 Å². The van der Waals surface area contributed by atoms with Gasteiger partial charge in [0.2, 0.25) is 5.91 Å². The van der Waals surface area contributed by atoms with Gasteiger partial charge in [0.05, 0.1) is 11.8 Å². The van der Waals surface area contributed by atoms with Gasteiger partial charge in [0.1, 0.15) is 0 Å². The lowest BCUT2D eigenvalue weighted by atomic mass is 9.88. The molecule has 1 saturated heterocycles. The minimum atomic E-state index is -4.23. The highest BCUT2D eigenvalue weighted by Crippen LogP contribution is 2.26. The molecule has 0 aliphatic carbocycles. The van der Waals surface area contributed by atoms with E-state index in [1.54, 1.807) is 6.92 Å². The molecule has 0 saturated carbocycles. The van der Waals surface area contributed by atoms with Crippen LogP contribution in [0.2, 0.25) is 0 Å². The van der Waals surface area contributed by atoms with Crippen LogP contribution >= 0.6 is 0 Å². The molecule has 0 spiro atoms. The van der Waals surface area contributed by atoms with E-state index in [-0.39, 0.29) is 5.91 Å². The van der Waals surface area contributed by atoms with Crippen LogP contribution in [-0.4, -0.2) is 31.2 Å². The Hall–Kier alpha value is -0.780. The lowest BCUT2D eigenvalue weighted by Gasteiger charge is -2.25. The van der Waals surface area contributed by atoms with E-state index in [9.17, 15) is 18.0 Å². The summed E-state index contributed by atoms with van der Waals surface area (Å²) in [6, 6.07) is -0.870. The second-order valence-corrected chi connectivity index (χ2v) is 4.68. The number of carbonyl (C=O) groups is 1. The van der Waals surface area contributed by atoms with E-state index in [1.165, 1.54) is 6.92 Å². The van der Waals surface area contributed by atoms with Gasteiger partial charge < -0.3 is 10.6 Å². The van der Waals surface area contributed by atoms with E-state index in [0.717, 1.165) is 6.54 Å². The lowest BCUT2D eigenvalue weighted by molar-refractivity contribution is -0.143. The average molecular weight is 238 g/mol. The van der Waals surface area contributed by atoms with Gasteiger partial charge in [-0.2, -0.15) is 13.2 Å². The van der Waals surface area contributed by atoms with Gasteiger partial charge in [0.25, 0.3) is 0 Å². The maximum Gasteiger partial charge on any atom is 0.391 e. The Labute approximate surface area is 92.8 Å². The summed E-state index contributed by atoms with van der Waals surface area (Å²) in [5, 5.41) is 5.45. The molecule has 6 heteroatoms. The lowest BCUT2D eigenvalue weighted by Crippen LogP contribution is -2.45. The van der Waals surface area contributed by atoms with Crippen LogP contribution in [0.3, 0.4) is 0 Å². The van der Waals surface area contributed by atoms with Crippen molar-refractivity contribution in [2.45, 2.75) is 38.9 Å². The summed E-state index contributed by atoms with van der Waals surface area (Å²) in [5.41, 5.74) is -0.570. The summed E-state index contributed by atoms with van der Waals surface area (Å²) in [6.45, 7) is 4.40. The van der Waals surface area contributed by atoms with Crippen molar-refractivity contribution >= 4 is 5.91 Å². The van der Waals surface area contributed by atoms with Crippen LogP contribution in [-0.2, 0) is 4.79 Å². The smallest absolute Gasteiger partial charge is 0.353 e. The van der Waals surface area contributed by atoms with Crippen LogP contribution < -0.4 is 10.6 Å². The topological polar surface area (TPSA) is 41.1 Å². The van der Waals surface area contributed by atoms with Crippen LogP contribution in [0.25, 0.3) is 0 Å². The Morgan fingerprint density at radius 2 is 2.19 bits per heavy atom. The van der Waals surface area contributed by atoms with Crippen molar-refractivity contribution in [1.29, 1.82) is 0 Å². The zero-order valence-electron chi connectivity index (χ0n) is 9.45. The van der Waals surface area contributed by atoms with E-state index < -0.39 is 24.1 Å². The number of amides is 1. The van der Waals surface area contributed by atoms with Crippen molar-refractivity contribution in [3.05, 3.63) is 0 Å². The number of alkyl halides is 3. The molecule has 1 rings (SSSR count). The molecule has 0 radical (unpaired) electrons. The van der Waals surface area contributed by atoms with Crippen LogP contribution in [0.4, 0.5) is 13.2 Å². The average Bonchev–Trinajstić information content (AvgIpc) is 2.49. The first-order valence-corrected chi connectivity index (χ1v) is 5.31. The number of hydrogen-bond donors (Lipinski definition) is 2. The highest BCUT2D eigenvalue weighted by molar-refractivity contribution is 5.83. The van der Waals surface area contributed by atoms with Crippen LogP contribution in [0.15, 0.2) is 0 Å². The maximum absolute atomic E-state index is 12.1. The van der Waals surface area contributed by atoms with E-state index in [1.807, 2.05) is 0 Å². The minimum Gasteiger partial charge on any atom is -0.353 e. The van der Waals surface area contributed by atoms with E-state index in [0.29, 0.717) is 13.0 Å². The fourth-order valence-corrected chi connectivity index (χ4v) is 1.81. The molecule has 1 aliphatic heterocycles. The molecule has 0 aromatic carbocycles. The maximum atomic E-state index is 12.1. The van der Waals surface area contributed by atoms with Crippen molar-refractivity contribution in [2.24, 2.45) is 5.41 Å². The molecular formula is C10H17F3N2O. The number of carbonyl (C=O) groups excluding carboxylic acids is 1. The quantitative estimate of drug-likeness (QED) is 0.781. The number of nitrogens with one attached hydrogen (secondary N) is 2. The Balaban J connectivity index is 2.45. The van der Waals surface area contributed by atoms with Gasteiger partial charge in [-0.05, 0) is 26.8 Å². The van der Waals surface area contributed by atoms with E-state index in [2.05, 4.69) is 10.6 Å². The fraction of sp³-hybridized carbons (Fsp3) is 0.900. The highest BCUT2D eigenvalue weighted by atomic mass is 19.4. The van der Waals surface area contributed by atoms with Crippen LogP contribution in [0, 0.1) is 5.41 Å². The molecule has 1 heterocycles. The third-order valence-corrected chi connectivity index (χ3v) is 2.83. The van der Waals surface area contributed by atoms with Crippen molar-refractivity contribution < 1.29 is 18.0 Å². The molecule has 94 valence electrons. The van der Waals surface area contributed by atoms with Gasteiger partial charge in [0, 0.05) is 12.6 Å². The van der Waals surface area contributed by atoms with Gasteiger partial charge in [0.15, 0.2) is 0 Å². The zero-order valence-corrected chi connectivity index (χ0v) is 9.45. The predicted molar refractivity (Wildman–Crippen MR) is 53.9 cm³/mol. The first kappa shape index (κ1) is 13.3. The molecule has 0 bridgehead atoms. The van der Waals surface area contributed by atoms with E-state index in [4.69, 9.17) is 0 Å². The monoisotopic (exact) mass is 238 g/mol. The standard InChI is InChI=1S/C10H17F3N2O/c1-7(5-10(11,12)13)15-8(16)9(2)3-4-14-6-9/h7,14H,3-6H2,1-2H3,(H,15,16). The SMILES string of the molecule is CC(CC(F)(F)F)NC(=O)C1(C)CCNC1. The molecule has 0 aromatic rings. The van der Waals surface area contributed by atoms with Crippen molar-refractivity contribution in [1.82, 2.24) is 10.6 Å². The van der Waals surface area contributed by atoms with Crippen LogP contribution in [0.1, 0.15) is 26.7 Å². The molecule has 1 aliphatic rings. The molecule has 2 unspecified atom stereocenters. The van der Waals surface area contributed by atoms with Gasteiger partial charge in [-0.25, -0.2) is 0 Å². The molecule has 16 heavy (non-hydrogen) atoms. The number of halogens is 3. The third kappa shape index (κ3) is 3.66. The van der Waals surface area contributed by atoms with Gasteiger partial charge in [-0.3, -0.25) is 4.79 Å². The van der Waals surface area contributed by atoms with Crippen molar-refractivity contribution in [2.75, 3.05) is 13.1 Å². The first-order valence-electron chi connectivity index (χ1n) is 5.31. The van der Waals surface area contributed by atoms with Crippen molar-refractivity contribution in [3.8, 4) is 0 Å². The van der Waals surface area contributed by atoms with Gasteiger partial charge in [-0.1, -0.05) is 0 Å². The summed E-state index contributed by atoms with van der Waals surface area (Å²) >= 11 is 0. The second kappa shape index (κ2) is 4.61. The Morgan fingerprint density at radius 1 is 1.56 bits per heavy atom. The van der Waals surface area contributed by atoms with Gasteiger partial charge in [-0.15, -0.1) is 0 Å². The molecule has 1 fully saturated rings. The molecule has 0 aromatic heterocycles.